The monoisotopic (exact) mass is 314 g/mol. The first-order valence-electron chi connectivity index (χ1n) is 7.98. The van der Waals surface area contributed by atoms with E-state index in [4.69, 9.17) is 0 Å². The number of benzene rings is 1. The molecule has 2 rings (SSSR count). The molecule has 4 nitrogen and oxygen atoms in total. The van der Waals surface area contributed by atoms with Gasteiger partial charge in [0, 0.05) is 17.4 Å². The summed E-state index contributed by atoms with van der Waals surface area (Å²) in [7, 11) is 0. The largest absolute Gasteiger partial charge is 0.384 e. The second-order valence-electron chi connectivity index (χ2n) is 6.57. The van der Waals surface area contributed by atoms with Gasteiger partial charge in [-0.2, -0.15) is 0 Å². The van der Waals surface area contributed by atoms with Crippen LogP contribution < -0.4 is 5.32 Å². The van der Waals surface area contributed by atoms with Crippen LogP contribution in [0.25, 0.3) is 0 Å². The van der Waals surface area contributed by atoms with Gasteiger partial charge in [0.2, 0.25) is 0 Å². The van der Waals surface area contributed by atoms with Gasteiger partial charge < -0.3 is 15.0 Å². The molecule has 1 unspecified atom stereocenters. The highest BCUT2D eigenvalue weighted by molar-refractivity contribution is 5.95. The van der Waals surface area contributed by atoms with Crippen LogP contribution >= 0.6 is 0 Å². The number of rotatable bonds is 5. The topological polar surface area (TPSA) is 54.3 Å². The fourth-order valence-corrected chi connectivity index (χ4v) is 3.05. The van der Waals surface area contributed by atoms with Crippen LogP contribution in [0.15, 0.2) is 36.4 Å². The van der Waals surface area contributed by atoms with Gasteiger partial charge in [-0.15, -0.1) is 0 Å². The van der Waals surface area contributed by atoms with E-state index < -0.39 is 5.60 Å². The molecule has 0 aliphatic carbocycles. The summed E-state index contributed by atoms with van der Waals surface area (Å²) in [5.74, 6) is -0.152. The molecular formula is C19H26N2O2. The predicted octanol–water partition coefficient (Wildman–Crippen LogP) is 3.32. The van der Waals surface area contributed by atoms with Crippen molar-refractivity contribution in [1.29, 1.82) is 0 Å². The molecule has 0 radical (unpaired) electrons. The molecule has 0 aliphatic heterocycles. The van der Waals surface area contributed by atoms with Gasteiger partial charge in [-0.3, -0.25) is 4.79 Å². The molecule has 0 fully saturated rings. The molecule has 124 valence electrons. The van der Waals surface area contributed by atoms with Crippen LogP contribution in [0.1, 0.15) is 54.1 Å². The van der Waals surface area contributed by atoms with Gasteiger partial charge in [0.25, 0.3) is 5.91 Å². The summed E-state index contributed by atoms with van der Waals surface area (Å²) in [5.41, 5.74) is 2.38. The fourth-order valence-electron chi connectivity index (χ4n) is 3.05. The maximum atomic E-state index is 12.5. The number of carbonyl (C=O) groups is 1. The van der Waals surface area contributed by atoms with Gasteiger partial charge in [-0.05, 0) is 46.2 Å². The third-order valence-electron chi connectivity index (χ3n) is 4.23. The van der Waals surface area contributed by atoms with E-state index in [-0.39, 0.29) is 12.5 Å². The van der Waals surface area contributed by atoms with Gasteiger partial charge in [0.05, 0.1) is 12.1 Å². The minimum Gasteiger partial charge on any atom is -0.384 e. The minimum absolute atomic E-state index is 0.152. The van der Waals surface area contributed by atoms with E-state index in [2.05, 4.69) is 23.7 Å². The normalized spacial score (nSPS) is 13.9. The average molecular weight is 314 g/mol. The van der Waals surface area contributed by atoms with Crippen LogP contribution in [0.4, 0.5) is 0 Å². The van der Waals surface area contributed by atoms with E-state index in [9.17, 15) is 9.90 Å². The lowest BCUT2D eigenvalue weighted by Gasteiger charge is -2.24. The van der Waals surface area contributed by atoms with E-state index in [1.165, 1.54) is 0 Å². The van der Waals surface area contributed by atoms with Crippen molar-refractivity contribution in [3.05, 3.63) is 58.9 Å². The van der Waals surface area contributed by atoms with Crippen LogP contribution in [-0.4, -0.2) is 22.1 Å². The lowest BCUT2D eigenvalue weighted by atomic mass is 9.96. The molecule has 0 bridgehead atoms. The second kappa shape index (κ2) is 6.59. The van der Waals surface area contributed by atoms with Gasteiger partial charge >= 0.3 is 0 Å². The summed E-state index contributed by atoms with van der Waals surface area (Å²) in [4.78, 5) is 12.5. The zero-order valence-corrected chi connectivity index (χ0v) is 14.6. The molecule has 0 saturated heterocycles. The Hall–Kier alpha value is -2.07. The highest BCUT2D eigenvalue weighted by atomic mass is 16.3. The molecule has 0 spiro atoms. The first-order chi connectivity index (χ1) is 10.7. The second-order valence-corrected chi connectivity index (χ2v) is 6.57. The number of nitrogens with one attached hydrogen (secondary N) is 1. The van der Waals surface area contributed by atoms with E-state index in [0.29, 0.717) is 11.6 Å². The highest BCUT2D eigenvalue weighted by Gasteiger charge is 2.25. The molecule has 1 aromatic heterocycles. The first kappa shape index (κ1) is 17.3. The van der Waals surface area contributed by atoms with E-state index in [1.807, 2.05) is 50.2 Å². The third kappa shape index (κ3) is 3.64. The smallest absolute Gasteiger partial charge is 0.253 e. The summed E-state index contributed by atoms with van der Waals surface area (Å²) < 4.78 is 2.14. The Kier molecular flexibility index (Phi) is 4.95. The van der Waals surface area contributed by atoms with Crippen LogP contribution in [0.3, 0.4) is 0 Å². The van der Waals surface area contributed by atoms with E-state index in [0.717, 1.165) is 17.0 Å². The van der Waals surface area contributed by atoms with Crippen molar-refractivity contribution in [2.75, 3.05) is 6.54 Å². The number of aromatic nitrogens is 1. The summed E-state index contributed by atoms with van der Waals surface area (Å²) in [5, 5.41) is 13.4. The fraction of sp³-hybridized carbons (Fsp3) is 0.421. The molecule has 1 amide bonds. The molecular weight excluding hydrogens is 288 g/mol. The quantitative estimate of drug-likeness (QED) is 0.889. The molecule has 1 atom stereocenters. The number of nitrogens with zero attached hydrogens (tertiary/aromatic N) is 1. The van der Waals surface area contributed by atoms with Crippen molar-refractivity contribution in [3.63, 3.8) is 0 Å². The molecule has 4 heteroatoms. The summed E-state index contributed by atoms with van der Waals surface area (Å²) >= 11 is 0. The van der Waals surface area contributed by atoms with Crippen molar-refractivity contribution in [2.24, 2.45) is 0 Å². The van der Waals surface area contributed by atoms with Crippen LogP contribution in [0, 0.1) is 13.8 Å². The molecule has 2 N–H and O–H groups in total. The number of aryl methyl sites for hydroxylation is 1. The molecule has 2 aromatic rings. The third-order valence-corrected chi connectivity index (χ3v) is 4.23. The van der Waals surface area contributed by atoms with Crippen LogP contribution in [-0.2, 0) is 5.60 Å². The zero-order chi connectivity index (χ0) is 17.2. The van der Waals surface area contributed by atoms with Crippen molar-refractivity contribution < 1.29 is 9.90 Å². The molecule has 0 aliphatic rings. The zero-order valence-electron chi connectivity index (χ0n) is 14.6. The van der Waals surface area contributed by atoms with Crippen molar-refractivity contribution in [2.45, 2.75) is 46.3 Å². The first-order valence-corrected chi connectivity index (χ1v) is 7.98. The SMILES string of the molecule is Cc1cc(C(=O)NCC(C)(O)c2ccccc2)c(C)n1C(C)C. The Balaban J connectivity index is 2.13. The van der Waals surface area contributed by atoms with Gasteiger partial charge in [-0.1, -0.05) is 30.3 Å². The number of amides is 1. The predicted molar refractivity (Wildman–Crippen MR) is 92.6 cm³/mol. The lowest BCUT2D eigenvalue weighted by Crippen LogP contribution is -2.38. The van der Waals surface area contributed by atoms with Gasteiger partial charge in [0.15, 0.2) is 0 Å². The maximum absolute atomic E-state index is 12.5. The lowest BCUT2D eigenvalue weighted by molar-refractivity contribution is 0.0526. The Morgan fingerprint density at radius 2 is 1.87 bits per heavy atom. The van der Waals surface area contributed by atoms with Crippen molar-refractivity contribution >= 4 is 5.91 Å². The number of hydrogen-bond donors (Lipinski definition) is 2. The molecule has 1 heterocycles. The Labute approximate surface area is 138 Å². The van der Waals surface area contributed by atoms with Gasteiger partial charge in [-0.25, -0.2) is 0 Å². The van der Waals surface area contributed by atoms with Crippen molar-refractivity contribution in [1.82, 2.24) is 9.88 Å². The average Bonchev–Trinajstić information content (AvgIpc) is 2.81. The molecule has 0 saturated carbocycles. The van der Waals surface area contributed by atoms with E-state index in [1.54, 1.807) is 6.92 Å². The molecule has 23 heavy (non-hydrogen) atoms. The van der Waals surface area contributed by atoms with Crippen LogP contribution in [0.2, 0.25) is 0 Å². The minimum atomic E-state index is -1.10. The summed E-state index contributed by atoms with van der Waals surface area (Å²) in [6.45, 7) is 10.0. The number of carbonyl (C=O) groups excluding carboxylic acids is 1. The van der Waals surface area contributed by atoms with Crippen LogP contribution in [0.5, 0.6) is 0 Å². The van der Waals surface area contributed by atoms with Crippen molar-refractivity contribution in [3.8, 4) is 0 Å². The Bertz CT molecular complexity index is 685. The standard InChI is InChI=1S/C19H26N2O2/c1-13(2)21-14(3)11-17(15(21)4)18(22)20-12-19(5,23)16-9-7-6-8-10-16/h6-11,13,23H,12H2,1-5H3,(H,20,22). The summed E-state index contributed by atoms with van der Waals surface area (Å²) in [6.07, 6.45) is 0. The highest BCUT2D eigenvalue weighted by Crippen LogP contribution is 2.22. The van der Waals surface area contributed by atoms with E-state index >= 15 is 0 Å². The number of hydrogen-bond acceptors (Lipinski definition) is 2. The maximum Gasteiger partial charge on any atom is 0.253 e. The Morgan fingerprint density at radius 1 is 1.26 bits per heavy atom. The summed E-state index contributed by atoms with van der Waals surface area (Å²) in [6, 6.07) is 11.6. The molecule has 1 aromatic carbocycles. The van der Waals surface area contributed by atoms with Gasteiger partial charge in [0.1, 0.15) is 5.60 Å². The Morgan fingerprint density at radius 3 is 2.39 bits per heavy atom. The number of aliphatic hydroxyl groups is 1.